The van der Waals surface area contributed by atoms with Crippen molar-refractivity contribution in [1.29, 1.82) is 0 Å². The van der Waals surface area contributed by atoms with Crippen molar-refractivity contribution < 1.29 is 9.79 Å². The summed E-state index contributed by atoms with van der Waals surface area (Å²) in [6, 6.07) is 0. The summed E-state index contributed by atoms with van der Waals surface area (Å²) in [5, 5.41) is 0. The Balaban J connectivity index is 2.72. The molecule has 0 unspecified atom stereocenters. The molecule has 0 heterocycles. The minimum absolute atomic E-state index is 0.381. The minimum atomic E-state index is -3.56. The second-order valence-electron chi connectivity index (χ2n) is 1.41. The summed E-state index contributed by atoms with van der Waals surface area (Å²) >= 11 is -3.56. The molecule has 0 rings (SSSR count). The van der Waals surface area contributed by atoms with Crippen LogP contribution in [0.1, 0.15) is 19.8 Å². The number of rotatable bonds is 4. The van der Waals surface area contributed by atoms with E-state index in [0.29, 0.717) is 6.61 Å². The van der Waals surface area contributed by atoms with Crippen molar-refractivity contribution in [1.82, 2.24) is 0 Å². The van der Waals surface area contributed by atoms with E-state index in [9.17, 15) is 6.77 Å². The summed E-state index contributed by atoms with van der Waals surface area (Å²) in [5.41, 5.74) is 0. The summed E-state index contributed by atoms with van der Waals surface area (Å²) in [6.45, 7) is 2.37. The van der Waals surface area contributed by atoms with E-state index >= 15 is 0 Å². The average molecular weight is 227 g/mol. The van der Waals surface area contributed by atoms with Crippen LogP contribution in [0.15, 0.2) is 0 Å². The van der Waals surface area contributed by atoms with Crippen molar-refractivity contribution in [2.24, 2.45) is 0 Å². The van der Waals surface area contributed by atoms with Gasteiger partial charge in [0.2, 0.25) is 0 Å². The molecule has 50 valence electrons. The zero-order chi connectivity index (χ0) is 6.41. The normalized spacial score (nSPS) is 10.5. The molecule has 4 heteroatoms. The van der Waals surface area contributed by atoms with Gasteiger partial charge in [0.1, 0.15) is 0 Å². The average Bonchev–Trinajstić information content (AvgIpc) is 1.66. The van der Waals surface area contributed by atoms with Gasteiger partial charge in [-0.05, 0) is 0 Å². The zero-order valence-corrected chi connectivity index (χ0v) is 7.35. The molecular weight excluding hydrogens is 218 g/mol. The zero-order valence-electron chi connectivity index (χ0n) is 4.79. The van der Waals surface area contributed by atoms with Gasteiger partial charge in [-0.25, -0.2) is 0 Å². The predicted molar refractivity (Wildman–Crippen MR) is 26.6 cm³/mol. The van der Waals surface area contributed by atoms with Gasteiger partial charge in [-0.3, -0.25) is 0 Å². The van der Waals surface area contributed by atoms with Gasteiger partial charge in [0.25, 0.3) is 0 Å². The molecule has 0 bridgehead atoms. The molecule has 3 nitrogen and oxygen atoms in total. The second kappa shape index (κ2) is 5.83. The molecule has 0 N–H and O–H groups in total. The van der Waals surface area contributed by atoms with E-state index in [1.807, 2.05) is 6.92 Å². The van der Waals surface area contributed by atoms with Crippen molar-refractivity contribution in [2.45, 2.75) is 19.8 Å². The van der Waals surface area contributed by atoms with E-state index in [1.54, 1.807) is 0 Å². The molecule has 0 aliphatic rings. The molecule has 0 amide bonds. The van der Waals surface area contributed by atoms with E-state index < -0.39 is 21.5 Å². The summed E-state index contributed by atoms with van der Waals surface area (Å²) in [4.78, 5) is 0. The molecule has 0 aliphatic carbocycles. The molecule has 0 saturated carbocycles. The van der Waals surface area contributed by atoms with E-state index in [-0.39, 0.29) is 0 Å². The molecule has 0 aromatic rings. The monoisotopic (exact) mass is 226 g/mol. The quantitative estimate of drug-likeness (QED) is 0.434. The van der Waals surface area contributed by atoms with Gasteiger partial charge >= 0.3 is 57.6 Å². The third-order valence-electron chi connectivity index (χ3n) is 0.695. The van der Waals surface area contributed by atoms with Gasteiger partial charge < -0.3 is 0 Å². The van der Waals surface area contributed by atoms with Crippen LogP contribution in [0.2, 0.25) is 0 Å². The first-order valence-electron chi connectivity index (χ1n) is 2.54. The fraction of sp³-hybridized carbons (Fsp3) is 1.00. The summed E-state index contributed by atoms with van der Waals surface area (Å²) in [6.07, 6.45) is 1.82. The Morgan fingerprint density at radius 1 is 1.50 bits per heavy atom. The molecule has 0 atom stereocenters. The molecule has 0 aromatic carbocycles. The van der Waals surface area contributed by atoms with Gasteiger partial charge in [-0.15, -0.1) is 0 Å². The van der Waals surface area contributed by atoms with Crippen LogP contribution < -0.4 is 6.77 Å². The molecular formula is C4H9O3Sb-2. The fourth-order valence-electron chi connectivity index (χ4n) is 0.283. The standard InChI is InChI=1S/C4H9O.2O.Sb/c1-2-3-4-5;;;/h2-4H2,1H3;;;/q3*-1;+1. The Morgan fingerprint density at radius 2 is 2.12 bits per heavy atom. The van der Waals surface area contributed by atoms with Gasteiger partial charge in [-0.2, -0.15) is 0 Å². The Morgan fingerprint density at radius 3 is 2.50 bits per heavy atom. The predicted octanol–water partition coefficient (Wildman–Crippen LogP) is -1.49. The summed E-state index contributed by atoms with van der Waals surface area (Å²) in [7, 11) is 0. The third kappa shape index (κ3) is 6.70. The summed E-state index contributed by atoms with van der Waals surface area (Å²) in [5.74, 6) is 0. The molecule has 0 saturated heterocycles. The fourth-order valence-corrected chi connectivity index (χ4v) is 1.08. The second-order valence-corrected chi connectivity index (χ2v) is 3.42. The van der Waals surface area contributed by atoms with Crippen LogP contribution in [-0.4, -0.2) is 28.1 Å². The first kappa shape index (κ1) is 8.70. The molecule has 8 heavy (non-hydrogen) atoms. The van der Waals surface area contributed by atoms with Gasteiger partial charge in [-0.1, -0.05) is 0 Å². The van der Waals surface area contributed by atoms with Crippen LogP contribution in [0.4, 0.5) is 0 Å². The third-order valence-corrected chi connectivity index (χ3v) is 1.82. The van der Waals surface area contributed by atoms with E-state index in [0.717, 1.165) is 12.8 Å². The number of unbranched alkanes of at least 4 members (excludes halogenated alkanes) is 1. The summed E-state index contributed by atoms with van der Waals surface area (Å²) < 4.78 is 24.0. The van der Waals surface area contributed by atoms with Crippen molar-refractivity contribution in [3.8, 4) is 0 Å². The first-order chi connectivity index (χ1) is 3.77. The van der Waals surface area contributed by atoms with Crippen LogP contribution in [0.3, 0.4) is 0 Å². The SMILES string of the molecule is CCCC[O][Sb]([O-])[O-]. The first-order valence-corrected chi connectivity index (χ1v) is 5.67. The Hall–Kier alpha value is 0.698. The molecule has 0 aliphatic heterocycles. The Kier molecular flexibility index (Phi) is 6.34. The van der Waals surface area contributed by atoms with Crippen LogP contribution in [0.5, 0.6) is 0 Å². The van der Waals surface area contributed by atoms with Gasteiger partial charge in [0.15, 0.2) is 0 Å². The molecule has 0 radical (unpaired) electrons. The van der Waals surface area contributed by atoms with E-state index in [2.05, 4.69) is 3.02 Å². The van der Waals surface area contributed by atoms with Crippen molar-refractivity contribution >= 4 is 21.5 Å². The number of hydrogen-bond donors (Lipinski definition) is 0. The van der Waals surface area contributed by atoms with Crippen molar-refractivity contribution in [2.75, 3.05) is 6.61 Å². The van der Waals surface area contributed by atoms with Crippen LogP contribution >= 0.6 is 0 Å². The maximum absolute atomic E-state index is 9.81. The Bertz CT molecular complexity index is 48.5. The van der Waals surface area contributed by atoms with Crippen molar-refractivity contribution in [3.63, 3.8) is 0 Å². The number of hydrogen-bond acceptors (Lipinski definition) is 3. The van der Waals surface area contributed by atoms with Crippen LogP contribution in [-0.2, 0) is 3.02 Å². The van der Waals surface area contributed by atoms with Gasteiger partial charge in [0, 0.05) is 0 Å². The maximum atomic E-state index is 9.81. The molecule has 0 fully saturated rings. The van der Waals surface area contributed by atoms with Gasteiger partial charge in [0.05, 0.1) is 0 Å². The topological polar surface area (TPSA) is 55.3 Å². The van der Waals surface area contributed by atoms with Crippen LogP contribution in [0, 0.1) is 0 Å². The van der Waals surface area contributed by atoms with Crippen LogP contribution in [0.25, 0.3) is 0 Å². The molecule has 0 aromatic heterocycles. The molecule has 0 spiro atoms. The Labute approximate surface area is 57.9 Å². The van der Waals surface area contributed by atoms with Crippen molar-refractivity contribution in [3.05, 3.63) is 0 Å². The van der Waals surface area contributed by atoms with E-state index in [1.165, 1.54) is 0 Å². The van der Waals surface area contributed by atoms with E-state index in [4.69, 9.17) is 0 Å².